The van der Waals surface area contributed by atoms with E-state index in [2.05, 4.69) is 34.6 Å². The molecule has 82 valence electrons. The Kier molecular flexibility index (Phi) is 3.70. The van der Waals surface area contributed by atoms with E-state index in [1.165, 1.54) is 33.4 Å². The third-order valence-corrected chi connectivity index (χ3v) is 3.45. The fraction of sp³-hybridized carbons (Fsp3) is 0.429. The molecule has 0 aliphatic heterocycles. The summed E-state index contributed by atoms with van der Waals surface area (Å²) in [6.07, 6.45) is 3.81. The molecule has 0 spiro atoms. The summed E-state index contributed by atoms with van der Waals surface area (Å²) in [5.74, 6) is 0. The van der Waals surface area contributed by atoms with Crippen LogP contribution in [0, 0.1) is 34.6 Å². The molecular formula is C14H20O. The largest absolute Gasteiger partial charge is 0.392 e. The second-order valence-electron chi connectivity index (χ2n) is 4.12. The molecule has 0 unspecified atom stereocenters. The second kappa shape index (κ2) is 4.63. The first kappa shape index (κ1) is 12.0. The van der Waals surface area contributed by atoms with Crippen molar-refractivity contribution in [1.82, 2.24) is 0 Å². The van der Waals surface area contributed by atoms with Crippen LogP contribution in [0.4, 0.5) is 0 Å². The van der Waals surface area contributed by atoms with Gasteiger partial charge in [-0.15, -0.1) is 0 Å². The summed E-state index contributed by atoms with van der Waals surface area (Å²) in [5, 5.41) is 8.82. The van der Waals surface area contributed by atoms with Gasteiger partial charge in [0.05, 0.1) is 6.61 Å². The molecule has 1 aromatic carbocycles. The van der Waals surface area contributed by atoms with Crippen molar-refractivity contribution in [1.29, 1.82) is 0 Å². The average molecular weight is 204 g/mol. The van der Waals surface area contributed by atoms with Crippen molar-refractivity contribution in [2.75, 3.05) is 6.61 Å². The third-order valence-electron chi connectivity index (χ3n) is 3.45. The summed E-state index contributed by atoms with van der Waals surface area (Å²) in [5.41, 5.74) is 7.99. The van der Waals surface area contributed by atoms with Gasteiger partial charge in [-0.25, -0.2) is 0 Å². The number of hydrogen-bond donors (Lipinski definition) is 1. The highest BCUT2D eigenvalue weighted by Crippen LogP contribution is 2.26. The molecule has 0 aromatic heterocycles. The third kappa shape index (κ3) is 2.13. The minimum Gasteiger partial charge on any atom is -0.392 e. The molecule has 1 heteroatoms. The van der Waals surface area contributed by atoms with E-state index >= 15 is 0 Å². The van der Waals surface area contributed by atoms with Gasteiger partial charge < -0.3 is 5.11 Å². The maximum Gasteiger partial charge on any atom is 0.0615 e. The second-order valence-corrected chi connectivity index (χ2v) is 4.12. The van der Waals surface area contributed by atoms with Crippen LogP contribution >= 0.6 is 0 Å². The molecule has 0 aliphatic rings. The highest BCUT2D eigenvalue weighted by molar-refractivity contribution is 5.63. The fourth-order valence-electron chi connectivity index (χ4n) is 1.95. The van der Waals surface area contributed by atoms with Gasteiger partial charge in [0.1, 0.15) is 0 Å². The molecule has 0 radical (unpaired) electrons. The molecule has 1 nitrogen and oxygen atoms in total. The first-order valence-corrected chi connectivity index (χ1v) is 5.35. The van der Waals surface area contributed by atoms with Gasteiger partial charge in [0.25, 0.3) is 0 Å². The monoisotopic (exact) mass is 204 g/mol. The van der Waals surface area contributed by atoms with Crippen LogP contribution in [0.5, 0.6) is 0 Å². The quantitative estimate of drug-likeness (QED) is 0.784. The first-order chi connectivity index (χ1) is 7.00. The molecule has 0 fully saturated rings. The van der Waals surface area contributed by atoms with Gasteiger partial charge in [-0.1, -0.05) is 12.2 Å². The van der Waals surface area contributed by atoms with E-state index in [-0.39, 0.29) is 6.61 Å². The van der Waals surface area contributed by atoms with Crippen LogP contribution in [0.1, 0.15) is 33.4 Å². The number of aliphatic hydroxyl groups is 1. The van der Waals surface area contributed by atoms with Gasteiger partial charge in [0.15, 0.2) is 0 Å². The van der Waals surface area contributed by atoms with Crippen LogP contribution in [0.25, 0.3) is 6.08 Å². The smallest absolute Gasteiger partial charge is 0.0615 e. The van der Waals surface area contributed by atoms with Gasteiger partial charge in [-0.2, -0.15) is 0 Å². The number of rotatable bonds is 2. The molecule has 0 saturated heterocycles. The summed E-state index contributed by atoms with van der Waals surface area (Å²) in [6.45, 7) is 10.9. The lowest BCUT2D eigenvalue weighted by Crippen LogP contribution is -1.99. The Hall–Kier alpha value is -1.08. The van der Waals surface area contributed by atoms with Crippen molar-refractivity contribution in [3.63, 3.8) is 0 Å². The normalized spacial score (nSPS) is 11.3. The molecule has 0 heterocycles. The molecule has 1 rings (SSSR count). The number of benzene rings is 1. The van der Waals surface area contributed by atoms with Gasteiger partial charge in [-0.3, -0.25) is 0 Å². The van der Waals surface area contributed by atoms with Crippen molar-refractivity contribution in [2.24, 2.45) is 0 Å². The molecule has 15 heavy (non-hydrogen) atoms. The van der Waals surface area contributed by atoms with Crippen molar-refractivity contribution >= 4 is 6.08 Å². The highest BCUT2D eigenvalue weighted by atomic mass is 16.2. The summed E-state index contributed by atoms with van der Waals surface area (Å²) in [4.78, 5) is 0. The van der Waals surface area contributed by atoms with E-state index < -0.39 is 0 Å². The van der Waals surface area contributed by atoms with E-state index in [1.807, 2.05) is 6.08 Å². The molecule has 1 N–H and O–H groups in total. The Morgan fingerprint density at radius 1 is 0.800 bits per heavy atom. The van der Waals surface area contributed by atoms with Gasteiger partial charge in [0.2, 0.25) is 0 Å². The Morgan fingerprint density at radius 2 is 1.20 bits per heavy atom. The fourth-order valence-corrected chi connectivity index (χ4v) is 1.95. The Morgan fingerprint density at radius 3 is 1.60 bits per heavy atom. The van der Waals surface area contributed by atoms with E-state index in [9.17, 15) is 0 Å². The maximum atomic E-state index is 8.82. The van der Waals surface area contributed by atoms with Crippen LogP contribution in [-0.2, 0) is 0 Å². The molecule has 0 aliphatic carbocycles. The van der Waals surface area contributed by atoms with Crippen molar-refractivity contribution in [2.45, 2.75) is 34.6 Å². The zero-order chi connectivity index (χ0) is 11.6. The SMILES string of the molecule is Cc1c(C)c(C)c(/C=C/CO)c(C)c1C. The average Bonchev–Trinajstić information content (AvgIpc) is 2.24. The van der Waals surface area contributed by atoms with E-state index in [1.54, 1.807) is 6.08 Å². The molecule has 0 bridgehead atoms. The predicted molar refractivity (Wildman–Crippen MR) is 66.2 cm³/mol. The standard InChI is InChI=1S/C14H20O/c1-9-10(2)12(4)14(7-6-8-15)13(5)11(9)3/h6-7,15H,8H2,1-5H3/b7-6+. The zero-order valence-electron chi connectivity index (χ0n) is 10.3. The summed E-state index contributed by atoms with van der Waals surface area (Å²) in [6, 6.07) is 0. The van der Waals surface area contributed by atoms with Crippen molar-refractivity contribution in [3.8, 4) is 0 Å². The van der Waals surface area contributed by atoms with E-state index in [4.69, 9.17) is 5.11 Å². The molecule has 0 amide bonds. The summed E-state index contributed by atoms with van der Waals surface area (Å²) >= 11 is 0. The zero-order valence-corrected chi connectivity index (χ0v) is 10.3. The van der Waals surface area contributed by atoms with Gasteiger partial charge >= 0.3 is 0 Å². The number of aliphatic hydroxyl groups excluding tert-OH is 1. The summed E-state index contributed by atoms with van der Waals surface area (Å²) in [7, 11) is 0. The topological polar surface area (TPSA) is 20.2 Å². The minimum atomic E-state index is 0.102. The van der Waals surface area contributed by atoms with Crippen LogP contribution in [0.3, 0.4) is 0 Å². The Balaban J connectivity index is 3.45. The lowest BCUT2D eigenvalue weighted by atomic mass is 9.89. The Labute approximate surface area is 92.5 Å². The molecule has 0 atom stereocenters. The minimum absolute atomic E-state index is 0.102. The van der Waals surface area contributed by atoms with Gasteiger partial charge in [0, 0.05) is 0 Å². The number of hydrogen-bond acceptors (Lipinski definition) is 1. The molecule has 1 aromatic rings. The van der Waals surface area contributed by atoms with E-state index in [0.29, 0.717) is 0 Å². The lowest BCUT2D eigenvalue weighted by molar-refractivity contribution is 0.343. The van der Waals surface area contributed by atoms with Gasteiger partial charge in [-0.05, 0) is 68.0 Å². The predicted octanol–water partition coefficient (Wildman–Crippen LogP) is 3.23. The van der Waals surface area contributed by atoms with Crippen LogP contribution < -0.4 is 0 Å². The van der Waals surface area contributed by atoms with E-state index in [0.717, 1.165) is 0 Å². The van der Waals surface area contributed by atoms with Crippen molar-refractivity contribution in [3.05, 3.63) is 39.5 Å². The molecule has 0 saturated carbocycles. The lowest BCUT2D eigenvalue weighted by Gasteiger charge is -2.16. The maximum absolute atomic E-state index is 8.82. The van der Waals surface area contributed by atoms with Crippen LogP contribution in [0.2, 0.25) is 0 Å². The molecular weight excluding hydrogens is 184 g/mol. The van der Waals surface area contributed by atoms with Crippen molar-refractivity contribution < 1.29 is 5.11 Å². The Bertz CT molecular complexity index is 371. The highest BCUT2D eigenvalue weighted by Gasteiger charge is 2.09. The van der Waals surface area contributed by atoms with Crippen LogP contribution in [-0.4, -0.2) is 11.7 Å². The van der Waals surface area contributed by atoms with Crippen LogP contribution in [0.15, 0.2) is 6.08 Å². The first-order valence-electron chi connectivity index (χ1n) is 5.35. The summed E-state index contributed by atoms with van der Waals surface area (Å²) < 4.78 is 0.